The molecule has 2 saturated heterocycles. The van der Waals surface area contributed by atoms with Crippen LogP contribution in [0.2, 0.25) is 0 Å². The standard InChI is InChI=1S/C33H37N5O3/c1-3-21(4-2)32(30-7-5-6-16-34-30)35-33(40)23-10-15-29-28(17-23)31(37-36-29)22-8-13-26(14-9-22)41-27-18-24-11-12-25(19-27)38(24)20-39/h5-10,13-17,20-21,24-25,27,32H,3-4,11-12,18-19H2,1-2H3,(H,35,40)(H,36,37)/t24-,25+,27?,32?. The van der Waals surface area contributed by atoms with E-state index in [0.29, 0.717) is 17.6 Å². The Hall–Kier alpha value is -4.20. The zero-order valence-corrected chi connectivity index (χ0v) is 23.6. The molecule has 6 rings (SSSR count). The molecule has 2 aromatic carbocycles. The van der Waals surface area contributed by atoms with Gasteiger partial charge < -0.3 is 15.0 Å². The first-order valence-electron chi connectivity index (χ1n) is 14.8. The van der Waals surface area contributed by atoms with Crippen molar-refractivity contribution in [1.29, 1.82) is 0 Å². The van der Waals surface area contributed by atoms with Gasteiger partial charge in [-0.1, -0.05) is 32.8 Å². The summed E-state index contributed by atoms with van der Waals surface area (Å²) >= 11 is 0. The van der Waals surface area contributed by atoms with Crippen LogP contribution in [0.3, 0.4) is 0 Å². The van der Waals surface area contributed by atoms with Crippen molar-refractivity contribution < 1.29 is 14.3 Å². The Morgan fingerprint density at radius 1 is 1.07 bits per heavy atom. The molecule has 2 amide bonds. The van der Waals surface area contributed by atoms with Gasteiger partial charge in [0, 0.05) is 47.6 Å². The number of nitrogens with zero attached hydrogens (tertiary/aromatic N) is 3. The average Bonchev–Trinajstić information content (AvgIpc) is 3.54. The Kier molecular flexibility index (Phi) is 7.72. The van der Waals surface area contributed by atoms with Gasteiger partial charge in [0.2, 0.25) is 6.41 Å². The van der Waals surface area contributed by atoms with Crippen molar-refractivity contribution in [3.63, 3.8) is 0 Å². The van der Waals surface area contributed by atoms with Crippen LogP contribution in [0.4, 0.5) is 0 Å². The summed E-state index contributed by atoms with van der Waals surface area (Å²) in [5.41, 5.74) is 4.07. The van der Waals surface area contributed by atoms with Crippen LogP contribution in [0.5, 0.6) is 5.75 Å². The maximum absolute atomic E-state index is 13.5. The Bertz CT molecular complexity index is 1480. The molecule has 0 saturated carbocycles. The Morgan fingerprint density at radius 2 is 1.83 bits per heavy atom. The lowest BCUT2D eigenvalue weighted by molar-refractivity contribution is -0.123. The normalized spacial score (nSPS) is 20.8. The number of benzene rings is 2. The molecular formula is C33H37N5O3. The van der Waals surface area contributed by atoms with Crippen molar-refractivity contribution in [2.24, 2.45) is 5.92 Å². The summed E-state index contributed by atoms with van der Waals surface area (Å²) in [5.74, 6) is 0.982. The highest BCUT2D eigenvalue weighted by Crippen LogP contribution is 2.37. The number of pyridine rings is 1. The monoisotopic (exact) mass is 551 g/mol. The summed E-state index contributed by atoms with van der Waals surface area (Å²) in [6.45, 7) is 4.30. The molecule has 4 heterocycles. The minimum atomic E-state index is -0.161. The molecule has 212 valence electrons. The van der Waals surface area contributed by atoms with Gasteiger partial charge in [-0.2, -0.15) is 5.10 Å². The van der Waals surface area contributed by atoms with Crippen LogP contribution in [0.1, 0.15) is 74.5 Å². The smallest absolute Gasteiger partial charge is 0.251 e. The van der Waals surface area contributed by atoms with Crippen LogP contribution in [0, 0.1) is 5.92 Å². The van der Waals surface area contributed by atoms with Gasteiger partial charge in [0.05, 0.1) is 22.9 Å². The second-order valence-electron chi connectivity index (χ2n) is 11.3. The van der Waals surface area contributed by atoms with Crippen molar-refractivity contribution in [1.82, 2.24) is 25.4 Å². The summed E-state index contributed by atoms with van der Waals surface area (Å²) in [7, 11) is 0. The van der Waals surface area contributed by atoms with Gasteiger partial charge >= 0.3 is 0 Å². The number of ether oxygens (including phenoxy) is 1. The molecule has 2 unspecified atom stereocenters. The fourth-order valence-electron chi connectivity index (χ4n) is 6.67. The molecule has 4 atom stereocenters. The summed E-state index contributed by atoms with van der Waals surface area (Å²) < 4.78 is 6.32. The number of nitrogens with one attached hydrogen (secondary N) is 2. The van der Waals surface area contributed by atoms with Crippen molar-refractivity contribution in [3.8, 4) is 17.0 Å². The number of fused-ring (bicyclic) bond motifs is 3. The number of aromatic amines is 1. The number of rotatable bonds is 10. The van der Waals surface area contributed by atoms with E-state index in [9.17, 15) is 9.59 Å². The molecule has 2 aliphatic heterocycles. The summed E-state index contributed by atoms with van der Waals surface area (Å²) in [5, 5.41) is 11.8. The first-order valence-corrected chi connectivity index (χ1v) is 14.8. The second kappa shape index (κ2) is 11.7. The third-order valence-electron chi connectivity index (χ3n) is 8.94. The molecule has 4 aromatic rings. The number of amides is 2. The van der Waals surface area contributed by atoms with Gasteiger partial charge in [-0.25, -0.2) is 0 Å². The average molecular weight is 552 g/mol. The molecule has 2 aliphatic rings. The minimum Gasteiger partial charge on any atom is -0.490 e. The maximum Gasteiger partial charge on any atom is 0.251 e. The van der Waals surface area contributed by atoms with E-state index in [1.54, 1.807) is 6.20 Å². The SMILES string of the molecule is CCC(CC)C(NC(=O)c1ccc2[nH]nc(-c3ccc(OC4C[C@H]5CC[C@@H](C4)N5C=O)cc3)c2c1)c1ccccn1. The van der Waals surface area contributed by atoms with Crippen molar-refractivity contribution >= 4 is 23.2 Å². The van der Waals surface area contributed by atoms with Gasteiger partial charge in [-0.15, -0.1) is 0 Å². The van der Waals surface area contributed by atoms with Crippen molar-refractivity contribution in [3.05, 3.63) is 78.1 Å². The van der Waals surface area contributed by atoms with Gasteiger partial charge in [-0.3, -0.25) is 19.7 Å². The summed E-state index contributed by atoms with van der Waals surface area (Å²) in [4.78, 5) is 31.4. The van der Waals surface area contributed by atoms with E-state index in [1.807, 2.05) is 65.6 Å². The van der Waals surface area contributed by atoms with E-state index in [-0.39, 0.29) is 24.0 Å². The van der Waals surface area contributed by atoms with Crippen molar-refractivity contribution in [2.45, 2.75) is 76.6 Å². The number of carbonyl (C=O) groups excluding carboxylic acids is 2. The molecule has 8 nitrogen and oxygen atoms in total. The lowest BCUT2D eigenvalue weighted by Gasteiger charge is -2.36. The highest BCUT2D eigenvalue weighted by Gasteiger charge is 2.40. The second-order valence-corrected chi connectivity index (χ2v) is 11.3. The Balaban J connectivity index is 1.19. The van der Waals surface area contributed by atoms with Gasteiger partial charge in [0.15, 0.2) is 0 Å². The molecule has 0 aliphatic carbocycles. The highest BCUT2D eigenvalue weighted by atomic mass is 16.5. The molecule has 2 N–H and O–H groups in total. The number of piperidine rings is 1. The highest BCUT2D eigenvalue weighted by molar-refractivity contribution is 6.01. The zero-order chi connectivity index (χ0) is 28.3. The maximum atomic E-state index is 13.5. The van der Waals surface area contributed by atoms with Crippen molar-refractivity contribution in [2.75, 3.05) is 0 Å². The zero-order valence-electron chi connectivity index (χ0n) is 23.6. The largest absolute Gasteiger partial charge is 0.490 e. The first kappa shape index (κ1) is 27.0. The number of hydrogen-bond acceptors (Lipinski definition) is 5. The van der Waals surface area contributed by atoms with Crippen LogP contribution >= 0.6 is 0 Å². The lowest BCUT2D eigenvalue weighted by Crippen LogP contribution is -2.45. The van der Waals surface area contributed by atoms with Crippen LogP contribution in [0.25, 0.3) is 22.2 Å². The molecule has 2 aromatic heterocycles. The Morgan fingerprint density at radius 3 is 2.49 bits per heavy atom. The molecule has 2 fully saturated rings. The van der Waals surface area contributed by atoms with Crippen LogP contribution in [0.15, 0.2) is 66.9 Å². The lowest BCUT2D eigenvalue weighted by atomic mass is 9.91. The number of carbonyl (C=O) groups is 2. The molecule has 2 bridgehead atoms. The first-order chi connectivity index (χ1) is 20.1. The number of aromatic nitrogens is 3. The fraction of sp³-hybridized carbons (Fsp3) is 0.394. The topological polar surface area (TPSA) is 100 Å². The summed E-state index contributed by atoms with van der Waals surface area (Å²) in [6, 6.07) is 19.9. The molecular weight excluding hydrogens is 514 g/mol. The van der Waals surface area contributed by atoms with E-state index in [2.05, 4.69) is 34.3 Å². The number of hydrogen-bond donors (Lipinski definition) is 2. The van der Waals surface area contributed by atoms with E-state index >= 15 is 0 Å². The predicted molar refractivity (Wildman–Crippen MR) is 158 cm³/mol. The molecule has 0 radical (unpaired) electrons. The van der Waals surface area contributed by atoms with E-state index in [1.165, 1.54) is 0 Å². The van der Waals surface area contributed by atoms with Crippen LogP contribution in [-0.4, -0.2) is 50.6 Å². The predicted octanol–water partition coefficient (Wildman–Crippen LogP) is 6.06. The number of H-pyrrole nitrogens is 1. The third-order valence-corrected chi connectivity index (χ3v) is 8.94. The Labute approximate surface area is 240 Å². The summed E-state index contributed by atoms with van der Waals surface area (Å²) in [6.07, 6.45) is 8.68. The van der Waals surface area contributed by atoms with Gasteiger partial charge in [0.25, 0.3) is 5.91 Å². The van der Waals surface area contributed by atoms with Crippen LogP contribution in [-0.2, 0) is 4.79 Å². The van der Waals surface area contributed by atoms with E-state index < -0.39 is 0 Å². The van der Waals surface area contributed by atoms with Gasteiger partial charge in [-0.05, 0) is 73.4 Å². The fourth-order valence-corrected chi connectivity index (χ4v) is 6.67. The minimum absolute atomic E-state index is 0.122. The van der Waals surface area contributed by atoms with Gasteiger partial charge in [0.1, 0.15) is 11.9 Å². The third kappa shape index (κ3) is 5.43. The molecule has 8 heteroatoms. The van der Waals surface area contributed by atoms with E-state index in [0.717, 1.165) is 78.5 Å². The molecule has 0 spiro atoms. The molecule has 41 heavy (non-hydrogen) atoms. The van der Waals surface area contributed by atoms with Crippen LogP contribution < -0.4 is 10.1 Å². The van der Waals surface area contributed by atoms with E-state index in [4.69, 9.17) is 4.74 Å². The quantitative estimate of drug-likeness (QED) is 0.233.